The van der Waals surface area contributed by atoms with Crippen molar-refractivity contribution in [2.24, 2.45) is 0 Å². The summed E-state index contributed by atoms with van der Waals surface area (Å²) in [7, 11) is 0. The lowest BCUT2D eigenvalue weighted by Crippen LogP contribution is -2.26. The zero-order valence-corrected chi connectivity index (χ0v) is 14.9. The van der Waals surface area contributed by atoms with Crippen molar-refractivity contribution >= 4 is 22.6 Å². The van der Waals surface area contributed by atoms with Crippen LogP contribution in [0, 0.1) is 0 Å². The molecular weight excluding hydrogens is 352 g/mol. The highest BCUT2D eigenvalue weighted by Gasteiger charge is 2.33. The molecule has 4 heteroatoms. The van der Waals surface area contributed by atoms with Gasteiger partial charge in [-0.25, -0.2) is 4.42 Å². The molecule has 5 rings (SSSR count). The van der Waals surface area contributed by atoms with Crippen molar-refractivity contribution in [3.8, 4) is 5.75 Å². The van der Waals surface area contributed by atoms with Crippen molar-refractivity contribution in [1.29, 1.82) is 0 Å². The summed E-state index contributed by atoms with van der Waals surface area (Å²) in [6.07, 6.45) is 7.78. The van der Waals surface area contributed by atoms with Gasteiger partial charge in [-0.2, -0.15) is 0 Å². The van der Waals surface area contributed by atoms with Gasteiger partial charge in [-0.1, -0.05) is 30.3 Å². The van der Waals surface area contributed by atoms with E-state index < -0.39 is 6.10 Å². The topological polar surface area (TPSA) is 61.0 Å². The van der Waals surface area contributed by atoms with E-state index >= 15 is 0 Å². The van der Waals surface area contributed by atoms with E-state index in [9.17, 15) is 10.2 Å². The minimum absolute atomic E-state index is 0.0993. The maximum absolute atomic E-state index is 10.6. The summed E-state index contributed by atoms with van der Waals surface area (Å²) in [5, 5.41) is 22.1. The molecule has 3 aromatic rings. The Labute approximate surface area is 161 Å². The molecule has 1 atom stereocenters. The predicted molar refractivity (Wildman–Crippen MR) is 108 cm³/mol. The van der Waals surface area contributed by atoms with Gasteiger partial charge in [0.1, 0.15) is 17.6 Å². The number of aliphatic hydroxyl groups excluding tert-OH is 2. The summed E-state index contributed by atoms with van der Waals surface area (Å²) >= 11 is 0. The van der Waals surface area contributed by atoms with Crippen LogP contribution in [0.1, 0.15) is 11.1 Å². The first-order valence-electron chi connectivity index (χ1n) is 8.99. The number of fused-ring (bicyclic) bond motifs is 2. The van der Waals surface area contributed by atoms with Crippen LogP contribution < -0.4 is 4.74 Å². The molecule has 4 nitrogen and oxygen atoms in total. The van der Waals surface area contributed by atoms with E-state index in [-0.39, 0.29) is 5.76 Å². The summed E-state index contributed by atoms with van der Waals surface area (Å²) in [5.74, 6) is 0.850. The minimum atomic E-state index is -0.855. The zero-order chi connectivity index (χ0) is 19.1. The number of ether oxygens (including phenoxy) is 1. The molecule has 1 unspecified atom stereocenters. The number of benzene rings is 2. The first-order valence-corrected chi connectivity index (χ1v) is 8.99. The number of allylic oxidation sites excluding steroid dienone is 2. The van der Waals surface area contributed by atoms with Gasteiger partial charge in [-0.3, -0.25) is 0 Å². The van der Waals surface area contributed by atoms with E-state index in [1.54, 1.807) is 24.7 Å². The summed E-state index contributed by atoms with van der Waals surface area (Å²) < 4.78 is 11.0. The second-order valence-corrected chi connectivity index (χ2v) is 6.69. The van der Waals surface area contributed by atoms with E-state index in [1.807, 2.05) is 60.7 Å². The van der Waals surface area contributed by atoms with Crippen LogP contribution in [0.2, 0.25) is 0 Å². The Morgan fingerprint density at radius 3 is 2.68 bits per heavy atom. The van der Waals surface area contributed by atoms with Crippen LogP contribution in [-0.4, -0.2) is 16.3 Å². The van der Waals surface area contributed by atoms with Crippen molar-refractivity contribution in [3.05, 3.63) is 107 Å². The van der Waals surface area contributed by atoms with Gasteiger partial charge in [0.25, 0.3) is 0 Å². The van der Waals surface area contributed by atoms with Gasteiger partial charge < -0.3 is 14.9 Å². The van der Waals surface area contributed by atoms with E-state index in [2.05, 4.69) is 0 Å². The van der Waals surface area contributed by atoms with E-state index in [0.29, 0.717) is 11.1 Å². The Hall–Kier alpha value is -3.63. The first kappa shape index (κ1) is 16.5. The lowest BCUT2D eigenvalue weighted by atomic mass is 9.83. The lowest BCUT2D eigenvalue weighted by Gasteiger charge is -2.28. The largest absolute Gasteiger partial charge is 0.507 e. The zero-order valence-electron chi connectivity index (χ0n) is 14.9. The number of aliphatic hydroxyl groups is 2. The molecule has 2 aliphatic rings. The quantitative estimate of drug-likeness (QED) is 0.604. The van der Waals surface area contributed by atoms with Crippen molar-refractivity contribution < 1.29 is 19.4 Å². The predicted octanol–water partition coefficient (Wildman–Crippen LogP) is 5.27. The van der Waals surface area contributed by atoms with Crippen LogP contribution in [0.4, 0.5) is 0 Å². The van der Waals surface area contributed by atoms with Gasteiger partial charge in [0, 0.05) is 34.4 Å². The van der Waals surface area contributed by atoms with Gasteiger partial charge in [-0.15, -0.1) is 0 Å². The number of hydrogen-bond donors (Lipinski definition) is 2. The second-order valence-electron chi connectivity index (χ2n) is 6.69. The normalized spacial score (nSPS) is 21.0. The van der Waals surface area contributed by atoms with Crippen LogP contribution in [0.25, 0.3) is 22.6 Å². The molecule has 1 aliphatic carbocycles. The van der Waals surface area contributed by atoms with E-state index in [4.69, 9.17) is 9.15 Å². The Morgan fingerprint density at radius 2 is 1.79 bits per heavy atom. The molecule has 28 heavy (non-hydrogen) atoms. The van der Waals surface area contributed by atoms with E-state index in [0.717, 1.165) is 33.4 Å². The fraction of sp³-hybridized carbons (Fsp3) is 0.0417. The molecule has 0 amide bonds. The Balaban J connectivity index is 1.55. The lowest BCUT2D eigenvalue weighted by molar-refractivity contribution is 0.208. The number of para-hydroxylation sites is 2. The summed E-state index contributed by atoms with van der Waals surface area (Å²) in [4.78, 5) is 0. The summed E-state index contributed by atoms with van der Waals surface area (Å²) in [6.45, 7) is 0. The third kappa shape index (κ3) is 2.63. The molecule has 0 bridgehead atoms. The van der Waals surface area contributed by atoms with Crippen LogP contribution in [0.5, 0.6) is 5.75 Å². The third-order valence-electron chi connectivity index (χ3n) is 5.04. The van der Waals surface area contributed by atoms with Crippen LogP contribution in [0.3, 0.4) is 0 Å². The number of hydrogen-bond acceptors (Lipinski definition) is 3. The molecule has 0 spiro atoms. The minimum Gasteiger partial charge on any atom is -0.507 e. The van der Waals surface area contributed by atoms with Crippen molar-refractivity contribution in [2.75, 3.05) is 0 Å². The smallest absolute Gasteiger partial charge is 0.360 e. The maximum Gasteiger partial charge on any atom is 0.360 e. The fourth-order valence-electron chi connectivity index (χ4n) is 3.55. The molecule has 136 valence electrons. The average Bonchev–Trinajstić information content (AvgIpc) is 2.75. The van der Waals surface area contributed by atoms with Crippen LogP contribution in [0.15, 0.2) is 101 Å². The number of rotatable bonds is 2. The van der Waals surface area contributed by atoms with E-state index in [1.165, 1.54) is 0 Å². The molecule has 1 aliphatic heterocycles. The molecule has 0 fully saturated rings. The molecule has 2 N–H and O–H groups in total. The Kier molecular flexibility index (Phi) is 3.85. The summed E-state index contributed by atoms with van der Waals surface area (Å²) in [6, 6.07) is 17.2. The Bertz CT molecular complexity index is 1210. The molecule has 2 aromatic carbocycles. The average molecular weight is 369 g/mol. The van der Waals surface area contributed by atoms with Gasteiger partial charge in [0.2, 0.25) is 0 Å². The highest BCUT2D eigenvalue weighted by atomic mass is 16.5. The molecule has 0 saturated carbocycles. The van der Waals surface area contributed by atoms with Crippen LogP contribution >= 0.6 is 0 Å². The van der Waals surface area contributed by atoms with Crippen LogP contribution in [-0.2, 0) is 0 Å². The van der Waals surface area contributed by atoms with Gasteiger partial charge >= 0.3 is 11.8 Å². The van der Waals surface area contributed by atoms with Crippen molar-refractivity contribution in [2.45, 2.75) is 6.10 Å². The summed E-state index contributed by atoms with van der Waals surface area (Å²) in [5.41, 5.74) is 4.42. The molecule has 2 heterocycles. The molecule has 0 saturated heterocycles. The molecular formula is C24H17O4+. The Morgan fingerprint density at radius 1 is 0.964 bits per heavy atom. The maximum atomic E-state index is 10.6. The SMILES string of the molecule is OC1=C(C=C2C=COc3ccccc32)C(O)C1=Cc1cc[o+]c2ccccc12. The fourth-order valence-corrected chi connectivity index (χ4v) is 3.55. The highest BCUT2D eigenvalue weighted by molar-refractivity contribution is 5.89. The van der Waals surface area contributed by atoms with Crippen molar-refractivity contribution in [3.63, 3.8) is 0 Å². The highest BCUT2D eigenvalue weighted by Crippen LogP contribution is 2.39. The molecule has 0 radical (unpaired) electrons. The second kappa shape index (κ2) is 6.51. The molecule has 1 aromatic heterocycles. The van der Waals surface area contributed by atoms with Crippen molar-refractivity contribution in [1.82, 2.24) is 0 Å². The van der Waals surface area contributed by atoms with Gasteiger partial charge in [-0.05, 0) is 35.9 Å². The van der Waals surface area contributed by atoms with Gasteiger partial charge in [0.15, 0.2) is 0 Å². The third-order valence-corrected chi connectivity index (χ3v) is 5.04. The van der Waals surface area contributed by atoms with Gasteiger partial charge in [0.05, 0.1) is 11.6 Å². The standard InChI is InChI=1S/C24H16O4/c25-23-19(13-15-9-11-27-21-7-3-1-5-17(15)21)24(26)20(23)14-16-10-12-28-22-8-4-2-6-18(16)22/h1-14,23,25H/p+1. The first-order chi connectivity index (χ1) is 13.7. The monoisotopic (exact) mass is 369 g/mol.